The van der Waals surface area contributed by atoms with Gasteiger partial charge < -0.3 is 4.42 Å². The fourth-order valence-corrected chi connectivity index (χ4v) is 3.64. The zero-order valence-corrected chi connectivity index (χ0v) is 14.8. The molecule has 4 aromatic rings. The third-order valence-corrected chi connectivity index (χ3v) is 5.10. The van der Waals surface area contributed by atoms with Gasteiger partial charge in [0.1, 0.15) is 10.6 Å². The summed E-state index contributed by atoms with van der Waals surface area (Å²) < 4.78 is 70.3. The maximum Gasteiger partial charge on any atom is 0.435 e. The number of nitrogens with two attached hydrogens (primary N) is 1. The molecule has 0 radical (unpaired) electrons. The molecule has 144 valence electrons. The monoisotopic (exact) mass is 407 g/mol. The van der Waals surface area contributed by atoms with Crippen LogP contribution in [0.25, 0.3) is 27.9 Å². The lowest BCUT2D eigenvalue weighted by Crippen LogP contribution is -2.16. The minimum Gasteiger partial charge on any atom is -0.461 e. The molecule has 0 aliphatic rings. The number of hydrogen-bond acceptors (Lipinski definition) is 4. The number of halogens is 3. The van der Waals surface area contributed by atoms with E-state index in [0.29, 0.717) is 10.8 Å². The molecule has 0 atom stereocenters. The van der Waals surface area contributed by atoms with E-state index in [4.69, 9.17) is 9.56 Å². The fourth-order valence-electron chi connectivity index (χ4n) is 2.93. The van der Waals surface area contributed by atoms with E-state index in [0.717, 1.165) is 10.7 Å². The second-order valence-electron chi connectivity index (χ2n) is 5.99. The first-order valence-electron chi connectivity index (χ1n) is 7.92. The number of rotatable bonds is 3. The van der Waals surface area contributed by atoms with E-state index in [1.807, 2.05) is 0 Å². The van der Waals surface area contributed by atoms with Crippen LogP contribution in [0.4, 0.5) is 13.2 Å². The normalized spacial score (nSPS) is 12.6. The summed E-state index contributed by atoms with van der Waals surface area (Å²) in [6.45, 7) is 0. The Balaban J connectivity index is 2.06. The number of furan rings is 1. The van der Waals surface area contributed by atoms with Crippen molar-refractivity contribution in [3.05, 3.63) is 66.6 Å². The van der Waals surface area contributed by atoms with Gasteiger partial charge in [-0.3, -0.25) is 0 Å². The molecule has 2 N–H and O–H groups in total. The molecule has 0 bridgehead atoms. The topological polar surface area (TPSA) is 91.1 Å². The Kier molecular flexibility index (Phi) is 4.05. The Morgan fingerprint density at radius 2 is 1.71 bits per heavy atom. The highest BCUT2D eigenvalue weighted by atomic mass is 32.2. The summed E-state index contributed by atoms with van der Waals surface area (Å²) in [7, 11) is -4.21. The predicted octanol–water partition coefficient (Wildman–Crippen LogP) is 3.95. The number of primary sulfonamides is 1. The van der Waals surface area contributed by atoms with Crippen LogP contribution < -0.4 is 5.14 Å². The van der Waals surface area contributed by atoms with Gasteiger partial charge in [0.15, 0.2) is 11.5 Å². The zero-order valence-electron chi connectivity index (χ0n) is 14.0. The lowest BCUT2D eigenvalue weighted by atomic mass is 10.1. The molecule has 0 aliphatic heterocycles. The van der Waals surface area contributed by atoms with E-state index >= 15 is 0 Å². The molecule has 28 heavy (non-hydrogen) atoms. The maximum absolute atomic E-state index is 13.3. The molecule has 10 heteroatoms. The summed E-state index contributed by atoms with van der Waals surface area (Å²) >= 11 is 0. The minimum absolute atomic E-state index is 0.0513. The van der Waals surface area contributed by atoms with E-state index in [2.05, 4.69) is 5.10 Å². The molecule has 0 saturated heterocycles. The van der Waals surface area contributed by atoms with Crippen molar-refractivity contribution in [2.24, 2.45) is 5.14 Å². The first kappa shape index (κ1) is 18.3. The summed E-state index contributed by atoms with van der Waals surface area (Å²) in [5.74, 6) is 0.128. The van der Waals surface area contributed by atoms with Gasteiger partial charge in [0, 0.05) is 16.8 Å². The highest BCUT2D eigenvalue weighted by molar-refractivity contribution is 7.89. The summed E-state index contributed by atoms with van der Waals surface area (Å²) in [6, 6.07) is 13.1. The SMILES string of the molecule is NS(=O)(=O)c1ccccc1-n1nc(C(F)(F)F)cc1-c1occ2ccccc12. The Bertz CT molecular complexity index is 1290. The Labute approximate surface area is 157 Å². The van der Waals surface area contributed by atoms with Crippen molar-refractivity contribution in [2.75, 3.05) is 0 Å². The molecule has 0 saturated carbocycles. The summed E-state index contributed by atoms with van der Waals surface area (Å²) in [5.41, 5.74) is -1.35. The van der Waals surface area contributed by atoms with Crippen LogP contribution in [0.3, 0.4) is 0 Å². The smallest absolute Gasteiger partial charge is 0.435 e. The molecule has 0 aliphatic carbocycles. The zero-order chi connectivity index (χ0) is 20.1. The number of alkyl halides is 3. The van der Waals surface area contributed by atoms with E-state index in [1.54, 1.807) is 24.3 Å². The van der Waals surface area contributed by atoms with Crippen molar-refractivity contribution in [3.8, 4) is 17.1 Å². The van der Waals surface area contributed by atoms with Gasteiger partial charge in [0.25, 0.3) is 0 Å². The van der Waals surface area contributed by atoms with Crippen molar-refractivity contribution < 1.29 is 26.0 Å². The molecule has 0 unspecified atom stereocenters. The third kappa shape index (κ3) is 3.06. The Morgan fingerprint density at radius 3 is 2.43 bits per heavy atom. The van der Waals surface area contributed by atoms with E-state index in [1.165, 1.54) is 30.5 Å². The second kappa shape index (κ2) is 6.21. The van der Waals surface area contributed by atoms with Crippen LogP contribution in [-0.4, -0.2) is 18.2 Å². The van der Waals surface area contributed by atoms with Gasteiger partial charge in [-0.05, 0) is 12.1 Å². The number of benzene rings is 2. The van der Waals surface area contributed by atoms with Crippen LogP contribution in [-0.2, 0) is 16.2 Å². The van der Waals surface area contributed by atoms with Gasteiger partial charge in [0.05, 0.1) is 12.0 Å². The van der Waals surface area contributed by atoms with Crippen molar-refractivity contribution in [2.45, 2.75) is 11.1 Å². The van der Waals surface area contributed by atoms with Gasteiger partial charge in [-0.1, -0.05) is 36.4 Å². The van der Waals surface area contributed by atoms with Crippen LogP contribution in [0.15, 0.2) is 70.2 Å². The first-order valence-corrected chi connectivity index (χ1v) is 9.47. The number of fused-ring (bicyclic) bond motifs is 1. The van der Waals surface area contributed by atoms with E-state index in [-0.39, 0.29) is 22.0 Å². The van der Waals surface area contributed by atoms with Crippen LogP contribution in [0.1, 0.15) is 5.69 Å². The molecule has 4 rings (SSSR count). The van der Waals surface area contributed by atoms with Gasteiger partial charge in [-0.2, -0.15) is 18.3 Å². The van der Waals surface area contributed by atoms with Crippen molar-refractivity contribution in [1.29, 1.82) is 0 Å². The number of nitrogens with zero attached hydrogens (tertiary/aromatic N) is 2. The molecule has 2 aromatic heterocycles. The van der Waals surface area contributed by atoms with Gasteiger partial charge in [-0.15, -0.1) is 0 Å². The lowest BCUT2D eigenvalue weighted by Gasteiger charge is -2.10. The summed E-state index contributed by atoms with van der Waals surface area (Å²) in [6.07, 6.45) is -3.33. The molecular formula is C18H12F3N3O3S. The average molecular weight is 407 g/mol. The molecule has 0 amide bonds. The number of sulfonamides is 1. The number of hydrogen-bond donors (Lipinski definition) is 1. The highest BCUT2D eigenvalue weighted by Gasteiger charge is 2.36. The molecule has 6 nitrogen and oxygen atoms in total. The predicted molar refractivity (Wildman–Crippen MR) is 95.1 cm³/mol. The van der Waals surface area contributed by atoms with Gasteiger partial charge >= 0.3 is 6.18 Å². The van der Waals surface area contributed by atoms with E-state index < -0.39 is 21.9 Å². The fraction of sp³-hybridized carbons (Fsp3) is 0.0556. The van der Waals surface area contributed by atoms with E-state index in [9.17, 15) is 21.6 Å². The average Bonchev–Trinajstić information content (AvgIpc) is 3.24. The number of para-hydroxylation sites is 1. The van der Waals surface area contributed by atoms with Crippen LogP contribution in [0.5, 0.6) is 0 Å². The highest BCUT2D eigenvalue weighted by Crippen LogP contribution is 2.37. The van der Waals surface area contributed by atoms with Crippen LogP contribution in [0.2, 0.25) is 0 Å². The maximum atomic E-state index is 13.3. The number of aromatic nitrogens is 2. The molecular weight excluding hydrogens is 395 g/mol. The van der Waals surface area contributed by atoms with Crippen molar-refractivity contribution in [3.63, 3.8) is 0 Å². The second-order valence-corrected chi connectivity index (χ2v) is 7.52. The largest absolute Gasteiger partial charge is 0.461 e. The quantitative estimate of drug-likeness (QED) is 0.557. The lowest BCUT2D eigenvalue weighted by molar-refractivity contribution is -0.141. The molecule has 0 spiro atoms. The molecule has 2 aromatic carbocycles. The van der Waals surface area contributed by atoms with Crippen molar-refractivity contribution >= 4 is 20.8 Å². The van der Waals surface area contributed by atoms with Gasteiger partial charge in [0.2, 0.25) is 10.0 Å². The van der Waals surface area contributed by atoms with Gasteiger partial charge in [-0.25, -0.2) is 18.2 Å². The summed E-state index contributed by atoms with van der Waals surface area (Å²) in [4.78, 5) is -0.357. The Hall–Kier alpha value is -3.11. The standard InChI is InChI=1S/C18H12F3N3O3S/c19-18(20,21)16-9-14(17-12-6-2-1-5-11(12)10-27-17)24(23-16)13-7-3-4-8-15(13)28(22,25)26/h1-10H,(H2,22,25,26). The van der Waals surface area contributed by atoms with Crippen LogP contribution >= 0.6 is 0 Å². The van der Waals surface area contributed by atoms with Crippen molar-refractivity contribution in [1.82, 2.24) is 9.78 Å². The Morgan fingerprint density at radius 1 is 1.04 bits per heavy atom. The van der Waals surface area contributed by atoms with Crippen LogP contribution in [0, 0.1) is 0 Å². The molecule has 2 heterocycles. The third-order valence-electron chi connectivity index (χ3n) is 4.14. The minimum atomic E-state index is -4.74. The summed E-state index contributed by atoms with van der Waals surface area (Å²) in [5, 5.41) is 10.1. The molecule has 0 fully saturated rings. The first-order chi connectivity index (χ1) is 13.2.